The molecular weight excluding hydrogens is 308 g/mol. The number of rotatable bonds is 3. The van der Waals surface area contributed by atoms with Gasteiger partial charge in [0.25, 0.3) is 0 Å². The van der Waals surface area contributed by atoms with Crippen molar-refractivity contribution in [2.24, 2.45) is 11.8 Å². The fourth-order valence-corrected chi connectivity index (χ4v) is 4.69. The van der Waals surface area contributed by atoms with E-state index >= 15 is 0 Å². The summed E-state index contributed by atoms with van der Waals surface area (Å²) in [7, 11) is 0. The van der Waals surface area contributed by atoms with E-state index in [9.17, 15) is 9.59 Å². The van der Waals surface area contributed by atoms with E-state index in [2.05, 4.69) is 11.3 Å². The van der Waals surface area contributed by atoms with Gasteiger partial charge in [0.05, 0.1) is 23.2 Å². The van der Waals surface area contributed by atoms with Crippen LogP contribution in [-0.2, 0) is 28.9 Å². The standard InChI is InChI=1S/C18H18N2O2S/c1-2-6-15-14-9-12-13(10-16(14)23-19-15)18(22)20(17(12)21)11-7-4-3-5-8-11/h3-5,7-8,12-13H,2,6,9-10H2,1H3. The molecule has 1 aliphatic carbocycles. The molecule has 2 aliphatic rings. The summed E-state index contributed by atoms with van der Waals surface area (Å²) in [6.45, 7) is 2.14. The lowest BCUT2D eigenvalue weighted by atomic mass is 9.80. The van der Waals surface area contributed by atoms with E-state index in [1.54, 1.807) is 0 Å². The molecule has 2 aromatic rings. The highest BCUT2D eigenvalue weighted by atomic mass is 32.1. The Labute approximate surface area is 139 Å². The number of imide groups is 1. The first-order chi connectivity index (χ1) is 11.2. The van der Waals surface area contributed by atoms with Gasteiger partial charge < -0.3 is 0 Å². The second-order valence-corrected chi connectivity index (χ2v) is 7.11. The number of para-hydroxylation sites is 1. The molecule has 0 radical (unpaired) electrons. The maximum atomic E-state index is 12.8. The van der Waals surface area contributed by atoms with E-state index in [0.717, 1.165) is 18.5 Å². The predicted molar refractivity (Wildman–Crippen MR) is 89.4 cm³/mol. The molecule has 23 heavy (non-hydrogen) atoms. The fourth-order valence-electron chi connectivity index (χ4n) is 3.70. The molecule has 1 saturated heterocycles. The van der Waals surface area contributed by atoms with Crippen LogP contribution in [0.25, 0.3) is 0 Å². The van der Waals surface area contributed by atoms with Crippen LogP contribution in [0.2, 0.25) is 0 Å². The minimum Gasteiger partial charge on any atom is -0.274 e. The molecule has 2 atom stereocenters. The maximum Gasteiger partial charge on any atom is 0.238 e. The Balaban J connectivity index is 1.68. The molecule has 1 aliphatic heterocycles. The predicted octanol–water partition coefficient (Wildman–Crippen LogP) is 3.00. The fraction of sp³-hybridized carbons (Fsp3) is 0.389. The zero-order valence-electron chi connectivity index (χ0n) is 13.0. The van der Waals surface area contributed by atoms with Crippen molar-refractivity contribution in [2.45, 2.75) is 32.6 Å². The van der Waals surface area contributed by atoms with Gasteiger partial charge >= 0.3 is 0 Å². The Morgan fingerprint density at radius 2 is 1.83 bits per heavy atom. The zero-order chi connectivity index (χ0) is 16.0. The molecule has 0 saturated carbocycles. The van der Waals surface area contributed by atoms with Gasteiger partial charge in [0.1, 0.15) is 0 Å². The van der Waals surface area contributed by atoms with Crippen LogP contribution in [0.1, 0.15) is 29.5 Å². The highest BCUT2D eigenvalue weighted by Crippen LogP contribution is 2.41. The lowest BCUT2D eigenvalue weighted by molar-refractivity contribution is -0.122. The molecule has 118 valence electrons. The van der Waals surface area contributed by atoms with Crippen molar-refractivity contribution in [1.29, 1.82) is 0 Å². The van der Waals surface area contributed by atoms with Crippen LogP contribution in [0, 0.1) is 11.8 Å². The van der Waals surface area contributed by atoms with Crippen molar-refractivity contribution < 1.29 is 9.59 Å². The van der Waals surface area contributed by atoms with Gasteiger partial charge in [-0.25, -0.2) is 0 Å². The first-order valence-electron chi connectivity index (χ1n) is 8.10. The smallest absolute Gasteiger partial charge is 0.238 e. The van der Waals surface area contributed by atoms with Gasteiger partial charge in [-0.15, -0.1) is 0 Å². The monoisotopic (exact) mass is 326 g/mol. The van der Waals surface area contributed by atoms with Gasteiger partial charge in [0, 0.05) is 4.88 Å². The quantitative estimate of drug-likeness (QED) is 0.815. The van der Waals surface area contributed by atoms with Gasteiger partial charge in [-0.05, 0) is 48.5 Å². The second kappa shape index (κ2) is 5.57. The molecule has 5 heteroatoms. The van der Waals surface area contributed by atoms with Crippen LogP contribution < -0.4 is 4.90 Å². The van der Waals surface area contributed by atoms with Crippen molar-refractivity contribution in [1.82, 2.24) is 4.37 Å². The Bertz CT molecular complexity index is 769. The summed E-state index contributed by atoms with van der Waals surface area (Å²) in [6.07, 6.45) is 3.33. The van der Waals surface area contributed by atoms with E-state index in [1.165, 1.54) is 26.9 Å². The van der Waals surface area contributed by atoms with Crippen molar-refractivity contribution >= 4 is 29.0 Å². The number of carbonyl (C=O) groups is 2. The number of aryl methyl sites for hydroxylation is 1. The van der Waals surface area contributed by atoms with Gasteiger partial charge in [-0.1, -0.05) is 31.5 Å². The Morgan fingerprint density at radius 3 is 2.52 bits per heavy atom. The highest BCUT2D eigenvalue weighted by molar-refractivity contribution is 7.06. The normalized spacial score (nSPS) is 23.1. The summed E-state index contributed by atoms with van der Waals surface area (Å²) in [4.78, 5) is 28.2. The minimum atomic E-state index is -0.220. The molecule has 1 fully saturated rings. The van der Waals surface area contributed by atoms with Gasteiger partial charge in [-0.2, -0.15) is 4.37 Å². The molecule has 0 bridgehead atoms. The summed E-state index contributed by atoms with van der Waals surface area (Å²) in [5.41, 5.74) is 3.05. The van der Waals surface area contributed by atoms with Crippen molar-refractivity contribution in [2.75, 3.05) is 4.90 Å². The lowest BCUT2D eigenvalue weighted by Crippen LogP contribution is -2.31. The average Bonchev–Trinajstić information content (AvgIpc) is 3.07. The summed E-state index contributed by atoms with van der Waals surface area (Å²) in [5.74, 6) is -0.542. The Hall–Kier alpha value is -2.01. The maximum absolute atomic E-state index is 12.8. The summed E-state index contributed by atoms with van der Waals surface area (Å²) in [6, 6.07) is 9.26. The molecule has 4 rings (SSSR count). The SMILES string of the molecule is CCCc1nsc2c1CC1C(=O)N(c3ccccc3)C(=O)C1C2. The Kier molecular flexibility index (Phi) is 3.53. The number of aromatic nitrogens is 1. The van der Waals surface area contributed by atoms with Crippen LogP contribution in [0.15, 0.2) is 30.3 Å². The molecular formula is C18H18N2O2S. The molecule has 1 aromatic carbocycles. The molecule has 2 heterocycles. The number of carbonyl (C=O) groups excluding carboxylic acids is 2. The first kappa shape index (κ1) is 14.6. The molecule has 1 aromatic heterocycles. The number of nitrogens with zero attached hydrogens (tertiary/aromatic N) is 2. The third kappa shape index (κ3) is 2.22. The number of anilines is 1. The van der Waals surface area contributed by atoms with Crippen LogP contribution in [-0.4, -0.2) is 16.2 Å². The van der Waals surface area contributed by atoms with E-state index < -0.39 is 0 Å². The van der Waals surface area contributed by atoms with Crippen LogP contribution in [0.3, 0.4) is 0 Å². The van der Waals surface area contributed by atoms with Crippen molar-refractivity contribution in [3.8, 4) is 0 Å². The molecule has 4 nitrogen and oxygen atoms in total. The summed E-state index contributed by atoms with van der Waals surface area (Å²) in [5, 5.41) is 0. The average molecular weight is 326 g/mol. The number of amides is 2. The number of hydrogen-bond acceptors (Lipinski definition) is 4. The topological polar surface area (TPSA) is 50.3 Å². The van der Waals surface area contributed by atoms with Gasteiger partial charge in [-0.3, -0.25) is 14.5 Å². The third-order valence-electron chi connectivity index (χ3n) is 4.84. The Morgan fingerprint density at radius 1 is 1.13 bits per heavy atom. The number of fused-ring (bicyclic) bond motifs is 2. The number of hydrogen-bond donors (Lipinski definition) is 0. The third-order valence-corrected chi connectivity index (χ3v) is 5.79. The van der Waals surface area contributed by atoms with Crippen molar-refractivity contribution in [3.63, 3.8) is 0 Å². The van der Waals surface area contributed by atoms with E-state index in [4.69, 9.17) is 0 Å². The van der Waals surface area contributed by atoms with E-state index in [0.29, 0.717) is 18.5 Å². The molecule has 0 N–H and O–H groups in total. The molecule has 2 unspecified atom stereocenters. The van der Waals surface area contributed by atoms with Gasteiger partial charge in [0.15, 0.2) is 0 Å². The van der Waals surface area contributed by atoms with Crippen LogP contribution in [0.4, 0.5) is 5.69 Å². The largest absolute Gasteiger partial charge is 0.274 e. The molecule has 0 spiro atoms. The highest BCUT2D eigenvalue weighted by Gasteiger charge is 2.50. The van der Waals surface area contributed by atoms with Crippen LogP contribution in [0.5, 0.6) is 0 Å². The lowest BCUT2D eigenvalue weighted by Gasteiger charge is -2.21. The zero-order valence-corrected chi connectivity index (χ0v) is 13.8. The number of benzene rings is 1. The van der Waals surface area contributed by atoms with Crippen LogP contribution >= 0.6 is 11.5 Å². The second-order valence-electron chi connectivity index (χ2n) is 6.25. The van der Waals surface area contributed by atoms with Gasteiger partial charge in [0.2, 0.25) is 11.8 Å². The van der Waals surface area contributed by atoms with E-state index in [-0.39, 0.29) is 23.7 Å². The van der Waals surface area contributed by atoms with Crippen molar-refractivity contribution in [3.05, 3.63) is 46.5 Å². The summed E-state index contributed by atoms with van der Waals surface area (Å²) < 4.78 is 4.55. The minimum absolute atomic E-state index is 0.0505. The summed E-state index contributed by atoms with van der Waals surface area (Å²) >= 11 is 1.51. The first-order valence-corrected chi connectivity index (χ1v) is 8.87. The molecule has 2 amide bonds. The van der Waals surface area contributed by atoms with E-state index in [1.807, 2.05) is 30.3 Å².